The van der Waals surface area contributed by atoms with Crippen molar-refractivity contribution in [2.24, 2.45) is 0 Å². The number of hydrogen-bond acceptors (Lipinski definition) is 4. The molecule has 20 heavy (non-hydrogen) atoms. The lowest BCUT2D eigenvalue weighted by Crippen LogP contribution is -2.41. The number of likely N-dealkylation sites (N-methyl/N-ethyl adjacent to an activating group) is 1. The number of nitrogens with zero attached hydrogens (tertiary/aromatic N) is 1. The van der Waals surface area contributed by atoms with E-state index in [9.17, 15) is 9.90 Å². The maximum absolute atomic E-state index is 12.3. The van der Waals surface area contributed by atoms with Crippen molar-refractivity contribution < 1.29 is 9.90 Å². The number of β-amino-alcohol motifs (C(OH)–C–C–N with tert-alkyl or cyclic N) is 1. The SMILES string of the molecule is CN(Cc1csc2ccccc12)C(=O)[C@@H]1C[C@H](O)CN1. The zero-order chi connectivity index (χ0) is 14.1. The van der Waals surface area contributed by atoms with E-state index in [1.54, 1.807) is 16.2 Å². The summed E-state index contributed by atoms with van der Waals surface area (Å²) in [4.78, 5) is 14.0. The van der Waals surface area contributed by atoms with Crippen molar-refractivity contribution in [3.8, 4) is 0 Å². The van der Waals surface area contributed by atoms with Crippen LogP contribution in [-0.2, 0) is 11.3 Å². The van der Waals surface area contributed by atoms with Crippen LogP contribution in [-0.4, -0.2) is 41.7 Å². The Hall–Kier alpha value is -1.43. The Bertz CT molecular complexity index is 625. The lowest BCUT2D eigenvalue weighted by molar-refractivity contribution is -0.132. The normalized spacial score (nSPS) is 22.3. The molecule has 2 heterocycles. The quantitative estimate of drug-likeness (QED) is 0.902. The van der Waals surface area contributed by atoms with E-state index in [1.807, 2.05) is 19.2 Å². The van der Waals surface area contributed by atoms with E-state index < -0.39 is 6.10 Å². The van der Waals surface area contributed by atoms with Crippen molar-refractivity contribution in [3.63, 3.8) is 0 Å². The van der Waals surface area contributed by atoms with Crippen LogP contribution < -0.4 is 5.32 Å². The van der Waals surface area contributed by atoms with E-state index in [-0.39, 0.29) is 11.9 Å². The standard InChI is InChI=1S/C15H18N2O2S/c1-17(15(19)13-6-11(18)7-16-13)8-10-9-20-14-5-3-2-4-12(10)14/h2-5,9,11,13,16,18H,6-8H2,1H3/t11-,13-/m0/s1. The van der Waals surface area contributed by atoms with Crippen molar-refractivity contribution in [1.82, 2.24) is 10.2 Å². The van der Waals surface area contributed by atoms with Gasteiger partial charge in [-0.25, -0.2) is 0 Å². The summed E-state index contributed by atoms with van der Waals surface area (Å²) in [5.74, 6) is 0.0526. The second kappa shape index (κ2) is 5.52. The monoisotopic (exact) mass is 290 g/mol. The van der Waals surface area contributed by atoms with E-state index >= 15 is 0 Å². The molecule has 1 aromatic carbocycles. The van der Waals surface area contributed by atoms with Crippen LogP contribution >= 0.6 is 11.3 Å². The third-order valence-corrected chi connectivity index (χ3v) is 4.76. The van der Waals surface area contributed by atoms with Gasteiger partial charge >= 0.3 is 0 Å². The lowest BCUT2D eigenvalue weighted by atomic mass is 10.1. The zero-order valence-corrected chi connectivity index (χ0v) is 12.2. The third-order valence-electron chi connectivity index (χ3n) is 3.75. The summed E-state index contributed by atoms with van der Waals surface area (Å²) in [6, 6.07) is 7.99. The predicted octanol–water partition coefficient (Wildman–Crippen LogP) is 1.58. The molecule has 0 saturated carbocycles. The van der Waals surface area contributed by atoms with Crippen LogP contribution in [0.4, 0.5) is 0 Å². The largest absolute Gasteiger partial charge is 0.392 e. The molecule has 2 N–H and O–H groups in total. The molecule has 4 nitrogen and oxygen atoms in total. The minimum atomic E-state index is -0.403. The number of carbonyl (C=O) groups is 1. The second-order valence-electron chi connectivity index (χ2n) is 5.30. The number of amides is 1. The summed E-state index contributed by atoms with van der Waals surface area (Å²) in [6.07, 6.45) is 0.104. The number of thiophene rings is 1. The van der Waals surface area contributed by atoms with Gasteiger partial charge in [-0.15, -0.1) is 11.3 Å². The minimum absolute atomic E-state index is 0.0526. The molecule has 1 aromatic heterocycles. The molecule has 1 aliphatic rings. The van der Waals surface area contributed by atoms with E-state index in [2.05, 4.69) is 22.8 Å². The maximum Gasteiger partial charge on any atom is 0.239 e. The number of hydrogen-bond donors (Lipinski definition) is 2. The van der Waals surface area contributed by atoms with E-state index in [4.69, 9.17) is 0 Å². The van der Waals surface area contributed by atoms with Crippen molar-refractivity contribution in [2.45, 2.75) is 25.1 Å². The topological polar surface area (TPSA) is 52.6 Å². The van der Waals surface area contributed by atoms with Crippen LogP contribution in [0.2, 0.25) is 0 Å². The summed E-state index contributed by atoms with van der Waals surface area (Å²) in [5, 5.41) is 15.9. The predicted molar refractivity (Wildman–Crippen MR) is 80.7 cm³/mol. The average molecular weight is 290 g/mol. The highest BCUT2D eigenvalue weighted by Gasteiger charge is 2.30. The number of aliphatic hydroxyl groups is 1. The van der Waals surface area contributed by atoms with Crippen LogP contribution in [0, 0.1) is 0 Å². The molecule has 0 unspecified atom stereocenters. The number of aliphatic hydroxyl groups excluding tert-OH is 1. The first-order valence-corrected chi connectivity index (χ1v) is 7.64. The fraction of sp³-hybridized carbons (Fsp3) is 0.400. The molecule has 0 aliphatic carbocycles. The van der Waals surface area contributed by atoms with Gasteiger partial charge in [0, 0.05) is 24.8 Å². The number of nitrogens with one attached hydrogen (secondary N) is 1. The van der Waals surface area contributed by atoms with Gasteiger partial charge < -0.3 is 15.3 Å². The molecule has 2 aromatic rings. The first kappa shape index (κ1) is 13.5. The maximum atomic E-state index is 12.3. The number of fused-ring (bicyclic) bond motifs is 1. The highest BCUT2D eigenvalue weighted by molar-refractivity contribution is 7.17. The van der Waals surface area contributed by atoms with Crippen LogP contribution in [0.3, 0.4) is 0 Å². The first-order valence-electron chi connectivity index (χ1n) is 6.76. The van der Waals surface area contributed by atoms with E-state index in [1.165, 1.54) is 15.6 Å². The van der Waals surface area contributed by atoms with Crippen molar-refractivity contribution >= 4 is 27.3 Å². The van der Waals surface area contributed by atoms with Crippen molar-refractivity contribution in [2.75, 3.05) is 13.6 Å². The van der Waals surface area contributed by atoms with Gasteiger partial charge in [-0.1, -0.05) is 18.2 Å². The fourth-order valence-electron chi connectivity index (χ4n) is 2.66. The number of carbonyl (C=O) groups excluding carboxylic acids is 1. The minimum Gasteiger partial charge on any atom is -0.392 e. The summed E-state index contributed by atoms with van der Waals surface area (Å²) < 4.78 is 1.25. The van der Waals surface area contributed by atoms with Gasteiger partial charge in [-0.05, 0) is 28.8 Å². The molecule has 2 atom stereocenters. The Morgan fingerprint density at radius 1 is 1.50 bits per heavy atom. The Kier molecular flexibility index (Phi) is 3.74. The van der Waals surface area contributed by atoms with Gasteiger partial charge in [0.2, 0.25) is 5.91 Å². The fourth-order valence-corrected chi connectivity index (χ4v) is 3.61. The summed E-state index contributed by atoms with van der Waals surface area (Å²) in [6.45, 7) is 1.11. The van der Waals surface area contributed by atoms with Crippen LogP contribution in [0.5, 0.6) is 0 Å². The zero-order valence-electron chi connectivity index (χ0n) is 11.4. The highest BCUT2D eigenvalue weighted by atomic mass is 32.1. The molecule has 0 spiro atoms. The summed E-state index contributed by atoms with van der Waals surface area (Å²) in [5.41, 5.74) is 1.18. The van der Waals surface area contributed by atoms with Crippen LogP contribution in [0.15, 0.2) is 29.6 Å². The Balaban J connectivity index is 1.72. The molecule has 1 aliphatic heterocycles. The van der Waals surface area contributed by atoms with Gasteiger partial charge in [0.1, 0.15) is 0 Å². The van der Waals surface area contributed by atoms with E-state index in [0.717, 1.165) is 0 Å². The Morgan fingerprint density at radius 3 is 3.05 bits per heavy atom. The smallest absolute Gasteiger partial charge is 0.239 e. The molecule has 106 valence electrons. The first-order chi connectivity index (χ1) is 9.65. The molecule has 0 bridgehead atoms. The molecule has 3 rings (SSSR count). The molecule has 1 amide bonds. The van der Waals surface area contributed by atoms with Crippen molar-refractivity contribution in [3.05, 3.63) is 35.2 Å². The van der Waals surface area contributed by atoms with Gasteiger partial charge in [-0.2, -0.15) is 0 Å². The number of rotatable bonds is 3. The Labute approximate surface area is 122 Å². The van der Waals surface area contributed by atoms with Gasteiger partial charge in [0.05, 0.1) is 12.1 Å². The Morgan fingerprint density at radius 2 is 2.30 bits per heavy atom. The molecule has 0 radical (unpaired) electrons. The summed E-state index contributed by atoms with van der Waals surface area (Å²) in [7, 11) is 1.82. The average Bonchev–Trinajstić information content (AvgIpc) is 3.05. The lowest BCUT2D eigenvalue weighted by Gasteiger charge is -2.21. The highest BCUT2D eigenvalue weighted by Crippen LogP contribution is 2.26. The molecular formula is C15H18N2O2S. The number of benzene rings is 1. The van der Waals surface area contributed by atoms with Gasteiger partial charge in [0.15, 0.2) is 0 Å². The summed E-state index contributed by atoms with van der Waals surface area (Å²) >= 11 is 1.71. The van der Waals surface area contributed by atoms with Crippen LogP contribution in [0.1, 0.15) is 12.0 Å². The third kappa shape index (κ3) is 2.57. The molecule has 1 fully saturated rings. The van der Waals surface area contributed by atoms with Crippen molar-refractivity contribution in [1.29, 1.82) is 0 Å². The second-order valence-corrected chi connectivity index (χ2v) is 6.21. The van der Waals surface area contributed by atoms with E-state index in [0.29, 0.717) is 19.5 Å². The molecule has 1 saturated heterocycles. The van der Waals surface area contributed by atoms with Crippen LogP contribution in [0.25, 0.3) is 10.1 Å². The van der Waals surface area contributed by atoms with Gasteiger partial charge in [-0.3, -0.25) is 4.79 Å². The molecular weight excluding hydrogens is 272 g/mol. The van der Waals surface area contributed by atoms with Gasteiger partial charge in [0.25, 0.3) is 0 Å². The molecule has 5 heteroatoms.